The van der Waals surface area contributed by atoms with Gasteiger partial charge < -0.3 is 20.9 Å². The van der Waals surface area contributed by atoms with Gasteiger partial charge in [0.1, 0.15) is 0 Å². The topological polar surface area (TPSA) is 114 Å². The number of hydrogen-bond donors (Lipinski definition) is 3. The fourth-order valence-electron chi connectivity index (χ4n) is 1.19. The van der Waals surface area contributed by atoms with E-state index < -0.39 is 5.97 Å². The molecule has 7 nitrogen and oxygen atoms in total. The highest BCUT2D eigenvalue weighted by atomic mass is 16.6. The number of nitrogens with one attached hydrogen (secondary N) is 1. The molecule has 0 aliphatic rings. The fourth-order valence-corrected chi connectivity index (χ4v) is 1.19. The van der Waals surface area contributed by atoms with E-state index in [0.29, 0.717) is 11.5 Å². The van der Waals surface area contributed by atoms with Crippen molar-refractivity contribution in [2.75, 3.05) is 7.11 Å². The van der Waals surface area contributed by atoms with Crippen LogP contribution in [-0.2, 0) is 4.79 Å². The summed E-state index contributed by atoms with van der Waals surface area (Å²) in [7, 11) is 1.48. The van der Waals surface area contributed by atoms with E-state index in [4.69, 9.17) is 20.9 Å². The van der Waals surface area contributed by atoms with Crippen molar-refractivity contribution in [2.45, 2.75) is 6.92 Å². The number of hydrogen-bond acceptors (Lipinski definition) is 4. The molecule has 96 valence electrons. The van der Waals surface area contributed by atoms with E-state index in [1.807, 2.05) is 0 Å². The lowest BCUT2D eigenvalue weighted by Crippen LogP contribution is -2.63. The molecule has 1 aromatic rings. The van der Waals surface area contributed by atoms with Gasteiger partial charge in [-0.25, -0.2) is 0 Å². The molecule has 0 saturated carbocycles. The van der Waals surface area contributed by atoms with E-state index >= 15 is 0 Å². The molecule has 0 fully saturated rings. The summed E-state index contributed by atoms with van der Waals surface area (Å²) in [5, 5.41) is 6.15. The lowest BCUT2D eigenvalue weighted by Gasteiger charge is -2.07. The molecule has 0 aromatic heterocycles. The molecule has 1 rings (SSSR count). The predicted octanol–water partition coefficient (Wildman–Crippen LogP) is -1.69. The highest BCUT2D eigenvalue weighted by Crippen LogP contribution is 2.27. The third-order valence-electron chi connectivity index (χ3n) is 1.87. The molecule has 5 N–H and O–H groups in total. The van der Waals surface area contributed by atoms with Gasteiger partial charge in [0.05, 0.1) is 7.11 Å². The molecule has 18 heavy (non-hydrogen) atoms. The summed E-state index contributed by atoms with van der Waals surface area (Å²) in [6, 6.07) is 5.01. The minimum Gasteiger partial charge on any atom is -0.493 e. The normalized spacial score (nSPS) is 10.1. The molecule has 0 unspecified atom stereocenters. The van der Waals surface area contributed by atoms with Crippen molar-refractivity contribution in [3.8, 4) is 11.5 Å². The van der Waals surface area contributed by atoms with Gasteiger partial charge >= 0.3 is 5.97 Å². The van der Waals surface area contributed by atoms with Crippen molar-refractivity contribution >= 4 is 18.1 Å². The van der Waals surface area contributed by atoms with Crippen LogP contribution in [0.2, 0.25) is 0 Å². The Morgan fingerprint density at radius 1 is 1.39 bits per heavy atom. The molecular weight excluding hydrogens is 236 g/mol. The van der Waals surface area contributed by atoms with Gasteiger partial charge in [-0.2, -0.15) is 0 Å². The van der Waals surface area contributed by atoms with Crippen LogP contribution < -0.4 is 26.0 Å². The Morgan fingerprint density at radius 2 is 2.11 bits per heavy atom. The maximum Gasteiger partial charge on any atom is 0.308 e. The van der Waals surface area contributed by atoms with Crippen LogP contribution in [0.5, 0.6) is 11.5 Å². The van der Waals surface area contributed by atoms with E-state index in [-0.39, 0.29) is 5.96 Å². The van der Waals surface area contributed by atoms with Crippen LogP contribution in [0.4, 0.5) is 0 Å². The maximum absolute atomic E-state index is 10.9. The Bertz CT molecular complexity index is 493. The molecule has 1 aromatic carbocycles. The molecule has 7 heteroatoms. The molecule has 0 amide bonds. The lowest BCUT2D eigenvalue weighted by atomic mass is 10.2. The van der Waals surface area contributed by atoms with Crippen LogP contribution in [0.1, 0.15) is 12.5 Å². The minimum absolute atomic E-state index is 0.0743. The quantitative estimate of drug-likeness (QED) is 0.194. The van der Waals surface area contributed by atoms with Crippen LogP contribution in [0.3, 0.4) is 0 Å². The number of carbonyl (C=O) groups is 1. The van der Waals surface area contributed by atoms with E-state index in [1.54, 1.807) is 24.4 Å². The van der Waals surface area contributed by atoms with Gasteiger partial charge in [-0.05, 0) is 18.2 Å². The fraction of sp³-hybridized carbons (Fsp3) is 0.182. The summed E-state index contributed by atoms with van der Waals surface area (Å²) in [6.45, 7) is 1.32. The van der Waals surface area contributed by atoms with Gasteiger partial charge in [-0.15, -0.1) is 5.10 Å². The number of nitrogens with zero attached hydrogens (tertiary/aromatic N) is 1. The number of hydrazone groups is 1. The predicted molar refractivity (Wildman–Crippen MR) is 66.2 cm³/mol. The van der Waals surface area contributed by atoms with E-state index in [9.17, 15) is 4.79 Å². The molecule has 0 spiro atoms. The molecule has 0 atom stereocenters. The van der Waals surface area contributed by atoms with Gasteiger partial charge in [-0.1, -0.05) is 0 Å². The smallest absolute Gasteiger partial charge is 0.308 e. The molecule has 0 aliphatic carbocycles. The standard InChI is InChI=1S/C11H14N4O3/c1-7(16)18-9-4-3-8(5-10(9)17-2)6-14-15-11(12)13/h3-6H,1-2H3,(H4,12,13,15)/p+1/b14-6-. The van der Waals surface area contributed by atoms with Crippen molar-refractivity contribution in [2.24, 2.45) is 16.6 Å². The molecule has 0 heterocycles. The third kappa shape index (κ3) is 4.12. The second kappa shape index (κ2) is 6.24. The van der Waals surface area contributed by atoms with Crippen LogP contribution >= 0.6 is 0 Å². The molecule has 0 bridgehead atoms. The number of methoxy groups -OCH3 is 1. The van der Waals surface area contributed by atoms with Crippen molar-refractivity contribution in [1.82, 2.24) is 0 Å². The van der Waals surface area contributed by atoms with Crippen LogP contribution in [0, 0.1) is 0 Å². The van der Waals surface area contributed by atoms with E-state index in [2.05, 4.69) is 10.2 Å². The summed E-state index contributed by atoms with van der Waals surface area (Å²) in [6.07, 6.45) is 1.57. The Labute approximate surface area is 104 Å². The van der Waals surface area contributed by atoms with Crippen LogP contribution in [-0.4, -0.2) is 25.3 Å². The van der Waals surface area contributed by atoms with Crippen molar-refractivity contribution in [3.05, 3.63) is 23.8 Å². The van der Waals surface area contributed by atoms with Crippen LogP contribution in [0.25, 0.3) is 0 Å². The molecule has 0 radical (unpaired) electrons. The average molecular weight is 251 g/mol. The first-order valence-electron chi connectivity index (χ1n) is 5.06. The Morgan fingerprint density at radius 3 is 2.67 bits per heavy atom. The summed E-state index contributed by atoms with van der Waals surface area (Å²) in [5.41, 5.74) is 11.1. The first-order chi connectivity index (χ1) is 8.52. The molecule has 0 saturated heterocycles. The maximum atomic E-state index is 10.9. The zero-order valence-corrected chi connectivity index (χ0v) is 10.1. The zero-order valence-electron chi connectivity index (χ0n) is 10.1. The van der Waals surface area contributed by atoms with E-state index in [0.717, 1.165) is 5.56 Å². The summed E-state index contributed by atoms with van der Waals surface area (Å²) in [5.74, 6) is 0.299. The summed E-state index contributed by atoms with van der Waals surface area (Å²) < 4.78 is 10.1. The number of rotatable bonds is 4. The van der Waals surface area contributed by atoms with Gasteiger partial charge in [0.25, 0.3) is 5.96 Å². The monoisotopic (exact) mass is 251 g/mol. The Balaban J connectivity index is 2.94. The SMILES string of the molecule is COc1cc(/C=[NH+]\N=C(N)N)ccc1OC(C)=O. The number of benzene rings is 1. The number of esters is 1. The first-order valence-corrected chi connectivity index (χ1v) is 5.06. The summed E-state index contributed by atoms with van der Waals surface area (Å²) >= 11 is 0. The number of carbonyl (C=O) groups excluding carboxylic acids is 1. The minimum atomic E-state index is -0.413. The van der Waals surface area contributed by atoms with Gasteiger partial charge in [-0.3, -0.25) is 4.79 Å². The lowest BCUT2D eigenvalue weighted by molar-refractivity contribution is -0.456. The van der Waals surface area contributed by atoms with Gasteiger partial charge in [0.15, 0.2) is 11.5 Å². The average Bonchev–Trinajstić information content (AvgIpc) is 2.29. The van der Waals surface area contributed by atoms with Crippen molar-refractivity contribution < 1.29 is 19.4 Å². The zero-order chi connectivity index (χ0) is 13.5. The van der Waals surface area contributed by atoms with Gasteiger partial charge in [0.2, 0.25) is 6.21 Å². The third-order valence-corrected chi connectivity index (χ3v) is 1.87. The summed E-state index contributed by atoms with van der Waals surface area (Å²) in [4.78, 5) is 10.9. The second-order valence-corrected chi connectivity index (χ2v) is 3.31. The first kappa shape index (κ1) is 13.5. The Hall–Kier alpha value is -2.57. The number of nitrogens with two attached hydrogens (primary N) is 2. The van der Waals surface area contributed by atoms with E-state index in [1.165, 1.54) is 14.0 Å². The van der Waals surface area contributed by atoms with Crippen molar-refractivity contribution in [1.29, 1.82) is 0 Å². The second-order valence-electron chi connectivity index (χ2n) is 3.31. The number of ether oxygens (including phenoxy) is 2. The number of guanidine groups is 1. The molecule has 0 aliphatic heterocycles. The molecular formula is C11H15N4O3+. The largest absolute Gasteiger partial charge is 0.493 e. The highest BCUT2D eigenvalue weighted by molar-refractivity contribution is 5.78. The van der Waals surface area contributed by atoms with Crippen LogP contribution in [0.15, 0.2) is 23.3 Å². The highest BCUT2D eigenvalue weighted by Gasteiger charge is 2.08. The van der Waals surface area contributed by atoms with Gasteiger partial charge in [0, 0.05) is 17.6 Å². The Kier molecular flexibility index (Phi) is 4.67. The van der Waals surface area contributed by atoms with Crippen molar-refractivity contribution in [3.63, 3.8) is 0 Å².